The van der Waals surface area contributed by atoms with E-state index in [1.54, 1.807) is 0 Å². The second-order valence-electron chi connectivity index (χ2n) is 10.7. The monoisotopic (exact) mass is 427 g/mol. The lowest BCUT2D eigenvalue weighted by Gasteiger charge is -2.50. The lowest BCUT2D eigenvalue weighted by molar-refractivity contribution is -0.931. The third-order valence-electron chi connectivity index (χ3n) is 9.17. The molecule has 2 atom stereocenters. The Hall–Kier alpha value is 0.400. The first-order valence-corrected chi connectivity index (χ1v) is 11.6. The molecule has 2 nitrogen and oxygen atoms in total. The molecular weight excluding hydrogens is 386 g/mol. The van der Waals surface area contributed by atoms with Crippen molar-refractivity contribution >= 4 is 0 Å². The van der Waals surface area contributed by atoms with E-state index in [4.69, 9.17) is 0 Å². The molecule has 0 aromatic carbocycles. The number of quaternary nitrogens is 1. The van der Waals surface area contributed by atoms with Gasteiger partial charge in [-0.05, 0) is 49.9 Å². The van der Waals surface area contributed by atoms with Gasteiger partial charge in [0.15, 0.2) is 0 Å². The van der Waals surface area contributed by atoms with Gasteiger partial charge in [-0.15, -0.1) is 0 Å². The maximum Gasteiger partial charge on any atom is 0.0893 e. The van der Waals surface area contributed by atoms with E-state index in [0.717, 1.165) is 24.4 Å². The number of aliphatic hydroxyl groups is 1. The molecule has 26 heavy (non-hydrogen) atoms. The highest BCUT2D eigenvalue weighted by atomic mass is 79.9. The van der Waals surface area contributed by atoms with Gasteiger partial charge in [-0.3, -0.25) is 0 Å². The van der Waals surface area contributed by atoms with Crippen molar-refractivity contribution in [3.05, 3.63) is 0 Å². The summed E-state index contributed by atoms with van der Waals surface area (Å²) in [5.41, 5.74) is -0.334. The first kappa shape index (κ1) is 21.1. The smallest absolute Gasteiger partial charge is 0.0893 e. The van der Waals surface area contributed by atoms with Gasteiger partial charge in [0.1, 0.15) is 0 Å². The van der Waals surface area contributed by atoms with Gasteiger partial charge >= 0.3 is 0 Å². The van der Waals surface area contributed by atoms with Gasteiger partial charge in [-0.25, -0.2) is 0 Å². The molecule has 0 radical (unpaired) electrons. The van der Waals surface area contributed by atoms with E-state index in [-0.39, 0.29) is 22.6 Å². The van der Waals surface area contributed by atoms with Crippen molar-refractivity contribution in [1.82, 2.24) is 0 Å². The van der Waals surface area contributed by atoms with E-state index in [0.29, 0.717) is 11.8 Å². The van der Waals surface area contributed by atoms with Gasteiger partial charge in [-0.1, -0.05) is 38.5 Å². The number of rotatable bonds is 4. The Morgan fingerprint density at radius 2 is 1.15 bits per heavy atom. The summed E-state index contributed by atoms with van der Waals surface area (Å²) in [6.45, 7) is 0. The summed E-state index contributed by atoms with van der Waals surface area (Å²) in [4.78, 5) is 0. The van der Waals surface area contributed by atoms with Crippen molar-refractivity contribution in [3.8, 4) is 0 Å². The van der Waals surface area contributed by atoms with Crippen LogP contribution < -0.4 is 17.0 Å². The van der Waals surface area contributed by atoms with Crippen LogP contribution in [0.4, 0.5) is 0 Å². The highest BCUT2D eigenvalue weighted by Crippen LogP contribution is 2.50. The first-order valence-electron chi connectivity index (χ1n) is 11.6. The molecule has 1 N–H and O–H groups in total. The molecule has 2 aliphatic carbocycles. The summed E-state index contributed by atoms with van der Waals surface area (Å²) in [5.74, 6) is 2.00. The minimum Gasteiger partial charge on any atom is -1.00 e. The molecule has 0 unspecified atom stereocenters. The normalized spacial score (nSPS) is 35.9. The third kappa shape index (κ3) is 3.92. The zero-order chi connectivity index (χ0) is 17.5. The molecule has 0 aromatic heterocycles. The van der Waals surface area contributed by atoms with Gasteiger partial charge in [0.2, 0.25) is 0 Å². The van der Waals surface area contributed by atoms with Crippen LogP contribution in [0.5, 0.6) is 0 Å². The predicted octanol–water partition coefficient (Wildman–Crippen LogP) is 2.29. The van der Waals surface area contributed by atoms with E-state index in [1.807, 2.05) is 0 Å². The van der Waals surface area contributed by atoms with Crippen LogP contribution in [-0.4, -0.2) is 41.4 Å². The van der Waals surface area contributed by atoms with E-state index in [2.05, 4.69) is 14.1 Å². The standard InChI is InChI=1S/C23H42NO.BrH/c1-24(2)21-13-14-22(24)16-18(15-21)17-23(25,19-9-5-3-6-10-19)20-11-7-4-8-12-20;/h18-22,25H,3-17H2,1-2H3;1H/q+1;/p-1/t21-,22-;/m0./s1. The fourth-order valence-electron chi connectivity index (χ4n) is 7.49. The van der Waals surface area contributed by atoms with Crippen LogP contribution in [0, 0.1) is 17.8 Å². The van der Waals surface area contributed by atoms with E-state index < -0.39 is 0 Å². The number of nitrogens with zero attached hydrogens (tertiary/aromatic N) is 1. The van der Waals surface area contributed by atoms with Crippen LogP contribution in [0.25, 0.3) is 0 Å². The van der Waals surface area contributed by atoms with Crippen LogP contribution in [-0.2, 0) is 0 Å². The highest BCUT2D eigenvalue weighted by Gasteiger charge is 2.52. The topological polar surface area (TPSA) is 20.2 Å². The van der Waals surface area contributed by atoms with Crippen molar-refractivity contribution < 1.29 is 26.6 Å². The summed E-state index contributed by atoms with van der Waals surface area (Å²) >= 11 is 0. The molecule has 3 heteroatoms. The summed E-state index contributed by atoms with van der Waals surface area (Å²) in [7, 11) is 4.93. The molecule has 4 fully saturated rings. The molecule has 0 spiro atoms. The first-order chi connectivity index (χ1) is 12.0. The van der Waals surface area contributed by atoms with E-state index in [1.165, 1.54) is 94.4 Å². The van der Waals surface area contributed by atoms with E-state index in [9.17, 15) is 5.11 Å². The van der Waals surface area contributed by atoms with E-state index >= 15 is 0 Å². The summed E-state index contributed by atoms with van der Waals surface area (Å²) in [5, 5.41) is 12.1. The average Bonchev–Trinajstić information content (AvgIpc) is 2.80. The van der Waals surface area contributed by atoms with Crippen LogP contribution in [0.15, 0.2) is 0 Å². The van der Waals surface area contributed by atoms with Crippen LogP contribution in [0.1, 0.15) is 96.3 Å². The van der Waals surface area contributed by atoms with Gasteiger partial charge in [0.25, 0.3) is 0 Å². The second-order valence-corrected chi connectivity index (χ2v) is 10.7. The Morgan fingerprint density at radius 1 is 0.731 bits per heavy atom. The highest BCUT2D eigenvalue weighted by molar-refractivity contribution is 4.98. The molecule has 4 rings (SSSR count). The molecule has 2 saturated heterocycles. The number of fused-ring (bicyclic) bond motifs is 2. The third-order valence-corrected chi connectivity index (χ3v) is 9.17. The predicted molar refractivity (Wildman–Crippen MR) is 104 cm³/mol. The minimum atomic E-state index is -0.334. The molecule has 2 saturated carbocycles. The Bertz CT molecular complexity index is 419. The van der Waals surface area contributed by atoms with Crippen LogP contribution in [0.3, 0.4) is 0 Å². The largest absolute Gasteiger partial charge is 1.00 e. The molecule has 0 amide bonds. The van der Waals surface area contributed by atoms with Crippen LogP contribution in [0.2, 0.25) is 0 Å². The van der Waals surface area contributed by atoms with Gasteiger partial charge in [-0.2, -0.15) is 0 Å². The molecular formula is C23H42BrNO. The summed E-state index contributed by atoms with van der Waals surface area (Å²) in [6.07, 6.45) is 20.2. The molecule has 152 valence electrons. The zero-order valence-corrected chi connectivity index (χ0v) is 18.9. The lowest BCUT2D eigenvalue weighted by Crippen LogP contribution is -3.00. The van der Waals surface area contributed by atoms with Gasteiger partial charge in [0.05, 0.1) is 31.8 Å². The van der Waals surface area contributed by atoms with Crippen molar-refractivity contribution in [1.29, 1.82) is 0 Å². The summed E-state index contributed by atoms with van der Waals surface area (Å²) < 4.78 is 1.27. The lowest BCUT2D eigenvalue weighted by atomic mass is 9.62. The Balaban J connectivity index is 0.00000196. The van der Waals surface area contributed by atoms with Crippen molar-refractivity contribution in [2.24, 2.45) is 17.8 Å². The Labute approximate surface area is 172 Å². The maximum absolute atomic E-state index is 12.1. The second kappa shape index (κ2) is 8.41. The SMILES string of the molecule is C[N+]1(C)[C@H]2CC[C@H]1CC(CC(O)(C1CCCCC1)C1CCCCC1)C2.[Br-]. The Kier molecular flexibility index (Phi) is 6.83. The van der Waals surface area contributed by atoms with Gasteiger partial charge in [0, 0.05) is 25.7 Å². The van der Waals surface area contributed by atoms with Crippen molar-refractivity contribution in [2.75, 3.05) is 14.1 Å². The van der Waals surface area contributed by atoms with Crippen molar-refractivity contribution in [3.63, 3.8) is 0 Å². The molecule has 2 bridgehead atoms. The van der Waals surface area contributed by atoms with Gasteiger partial charge < -0.3 is 26.6 Å². The fraction of sp³-hybridized carbons (Fsp3) is 1.00. The fourth-order valence-corrected chi connectivity index (χ4v) is 7.49. The quantitative estimate of drug-likeness (QED) is 0.682. The number of hydrogen-bond donors (Lipinski definition) is 1. The van der Waals surface area contributed by atoms with Crippen molar-refractivity contribution in [2.45, 2.75) is 114 Å². The Morgan fingerprint density at radius 3 is 1.58 bits per heavy atom. The number of hydrogen-bond acceptors (Lipinski definition) is 1. The number of piperidine rings is 1. The number of halogens is 1. The molecule has 0 aromatic rings. The van der Waals surface area contributed by atoms with Crippen LogP contribution >= 0.6 is 0 Å². The molecule has 2 heterocycles. The molecule has 4 aliphatic rings. The zero-order valence-electron chi connectivity index (χ0n) is 17.3. The minimum absolute atomic E-state index is 0. The summed E-state index contributed by atoms with van der Waals surface area (Å²) in [6, 6.07) is 1.73. The average molecular weight is 428 g/mol. The molecule has 2 aliphatic heterocycles. The maximum atomic E-state index is 12.1.